The van der Waals surface area contributed by atoms with Crippen molar-refractivity contribution >= 4 is 17.1 Å². The Morgan fingerprint density at radius 2 is 1.53 bits per heavy atom. The van der Waals surface area contributed by atoms with E-state index >= 15 is 0 Å². The lowest BCUT2D eigenvalue weighted by molar-refractivity contribution is -0.0646. The summed E-state index contributed by atoms with van der Waals surface area (Å²) in [7, 11) is 0. The summed E-state index contributed by atoms with van der Waals surface area (Å²) < 4.78 is 12.1. The van der Waals surface area contributed by atoms with Crippen LogP contribution in [0.4, 0.5) is 0 Å². The predicted molar refractivity (Wildman–Crippen MR) is 133 cm³/mol. The molecular weight excluding hydrogens is 396 g/mol. The summed E-state index contributed by atoms with van der Waals surface area (Å²) in [6, 6.07) is 20.4. The second-order valence-corrected chi connectivity index (χ2v) is 9.95. The average Bonchev–Trinajstić information content (AvgIpc) is 2.73. The van der Waals surface area contributed by atoms with Gasteiger partial charge in [-0.3, -0.25) is 4.79 Å². The zero-order valence-corrected chi connectivity index (χ0v) is 20.2. The number of rotatable bonds is 9. The van der Waals surface area contributed by atoms with Crippen molar-refractivity contribution < 1.29 is 14.3 Å². The number of carbonyl (C=O) groups excluding carboxylic acids is 1. The van der Waals surface area contributed by atoms with Gasteiger partial charge < -0.3 is 9.47 Å². The van der Waals surface area contributed by atoms with Crippen molar-refractivity contribution in [3.05, 3.63) is 77.4 Å². The maximum absolute atomic E-state index is 10.8. The predicted octanol–water partition coefficient (Wildman–Crippen LogP) is 7.42. The number of hydrogen-bond acceptors (Lipinski definition) is 3. The first-order valence-corrected chi connectivity index (χ1v) is 11.5. The van der Waals surface area contributed by atoms with Crippen molar-refractivity contribution in [2.45, 2.75) is 60.2 Å². The summed E-state index contributed by atoms with van der Waals surface area (Å²) in [5.41, 5.74) is 3.37. The molecule has 3 nitrogen and oxygen atoms in total. The Morgan fingerprint density at radius 3 is 2.16 bits per heavy atom. The van der Waals surface area contributed by atoms with E-state index in [2.05, 4.69) is 65.0 Å². The molecule has 3 rings (SSSR count). The van der Waals surface area contributed by atoms with Crippen molar-refractivity contribution in [1.29, 1.82) is 0 Å². The van der Waals surface area contributed by atoms with Crippen LogP contribution >= 0.6 is 0 Å². The highest BCUT2D eigenvalue weighted by molar-refractivity contribution is 5.91. The molecule has 0 aliphatic carbocycles. The summed E-state index contributed by atoms with van der Waals surface area (Å²) >= 11 is 0. The van der Waals surface area contributed by atoms with Crippen LogP contribution in [0.5, 0.6) is 5.75 Å². The van der Waals surface area contributed by atoms with Gasteiger partial charge in [-0.2, -0.15) is 0 Å². The highest BCUT2D eigenvalue weighted by atomic mass is 16.7. The number of fused-ring (bicyclic) bond motifs is 1. The van der Waals surface area contributed by atoms with Gasteiger partial charge in [0.1, 0.15) is 12.0 Å². The first kappa shape index (κ1) is 24.0. The van der Waals surface area contributed by atoms with E-state index in [1.165, 1.54) is 10.9 Å². The van der Waals surface area contributed by atoms with Crippen molar-refractivity contribution in [3.8, 4) is 5.75 Å². The zero-order valence-electron chi connectivity index (χ0n) is 20.2. The third-order valence-corrected chi connectivity index (χ3v) is 6.00. The van der Waals surface area contributed by atoms with Gasteiger partial charge in [0.05, 0.1) is 6.61 Å². The van der Waals surface area contributed by atoms with Crippen LogP contribution in [0.25, 0.3) is 10.8 Å². The minimum atomic E-state index is -0.359. The molecule has 0 saturated heterocycles. The molecule has 0 N–H and O–H groups in total. The van der Waals surface area contributed by atoms with E-state index in [9.17, 15) is 4.79 Å². The minimum Gasteiger partial charge on any atom is -0.465 e. The van der Waals surface area contributed by atoms with Crippen LogP contribution < -0.4 is 4.74 Å². The fourth-order valence-electron chi connectivity index (χ4n) is 4.82. The van der Waals surface area contributed by atoms with Gasteiger partial charge >= 0.3 is 0 Å². The Kier molecular flexibility index (Phi) is 7.73. The molecule has 0 saturated carbocycles. The first-order valence-electron chi connectivity index (χ1n) is 11.5. The summed E-state index contributed by atoms with van der Waals surface area (Å²) in [6.45, 7) is 14.0. The molecule has 0 aliphatic rings. The average molecular weight is 433 g/mol. The van der Waals surface area contributed by atoms with Crippen LogP contribution in [0.2, 0.25) is 0 Å². The zero-order chi connectivity index (χ0) is 23.3. The van der Waals surface area contributed by atoms with Crippen molar-refractivity contribution in [2.75, 3.05) is 6.61 Å². The van der Waals surface area contributed by atoms with Gasteiger partial charge in [-0.15, -0.1) is 0 Å². The third kappa shape index (κ3) is 5.77. The van der Waals surface area contributed by atoms with Crippen molar-refractivity contribution in [2.24, 2.45) is 11.3 Å². The van der Waals surface area contributed by atoms with E-state index in [-0.39, 0.29) is 11.7 Å². The lowest BCUT2D eigenvalue weighted by Gasteiger charge is -2.35. The van der Waals surface area contributed by atoms with Gasteiger partial charge in [-0.05, 0) is 53.2 Å². The number of ether oxygens (including phenoxy) is 2. The van der Waals surface area contributed by atoms with Crippen LogP contribution in [0.1, 0.15) is 68.9 Å². The van der Waals surface area contributed by atoms with E-state index < -0.39 is 0 Å². The standard InChI is InChI=1S/C29H36O3/c1-20(2)28(29(4,5)6)26-11-7-10-25-24(26)9-8-12-27(25)32-21(3)31-18-17-22-13-15-23(19-30)16-14-22/h7-16,19-21,28H,17-18H2,1-6H3. The maximum atomic E-state index is 10.8. The number of hydrogen-bond donors (Lipinski definition) is 0. The molecule has 170 valence electrons. The van der Waals surface area contributed by atoms with Crippen LogP contribution in [-0.2, 0) is 11.2 Å². The van der Waals surface area contributed by atoms with Gasteiger partial charge in [-0.1, -0.05) is 89.2 Å². The quantitative estimate of drug-likeness (QED) is 0.261. The molecule has 0 aromatic heterocycles. The van der Waals surface area contributed by atoms with Crippen LogP contribution in [0.3, 0.4) is 0 Å². The highest BCUT2D eigenvalue weighted by Crippen LogP contribution is 2.44. The smallest absolute Gasteiger partial charge is 0.197 e. The fourth-order valence-corrected chi connectivity index (χ4v) is 4.82. The molecule has 0 spiro atoms. The van der Waals surface area contributed by atoms with Crippen molar-refractivity contribution in [1.82, 2.24) is 0 Å². The van der Waals surface area contributed by atoms with Gasteiger partial charge in [0.2, 0.25) is 0 Å². The summed E-state index contributed by atoms with van der Waals surface area (Å²) in [5.74, 6) is 1.83. The Hall–Kier alpha value is -2.65. The summed E-state index contributed by atoms with van der Waals surface area (Å²) in [4.78, 5) is 10.8. The van der Waals surface area contributed by atoms with Crippen LogP contribution in [0, 0.1) is 11.3 Å². The first-order chi connectivity index (χ1) is 15.2. The normalized spacial score (nSPS) is 13.8. The Labute approximate surface area is 192 Å². The molecular formula is C29H36O3. The SMILES string of the molecule is CC(OCCc1ccc(C=O)cc1)Oc1cccc2c(C(C(C)C)C(C)(C)C)cccc12. The van der Waals surface area contributed by atoms with E-state index in [0.29, 0.717) is 24.0 Å². The number of benzene rings is 3. The highest BCUT2D eigenvalue weighted by Gasteiger charge is 2.30. The lowest BCUT2D eigenvalue weighted by atomic mass is 9.69. The fraction of sp³-hybridized carbons (Fsp3) is 0.414. The number of aldehydes is 1. The largest absolute Gasteiger partial charge is 0.465 e. The molecule has 0 bridgehead atoms. The van der Waals surface area contributed by atoms with Crippen molar-refractivity contribution in [3.63, 3.8) is 0 Å². The van der Waals surface area contributed by atoms with Gasteiger partial charge in [-0.25, -0.2) is 0 Å². The van der Waals surface area contributed by atoms with Crippen LogP contribution in [0.15, 0.2) is 60.7 Å². The summed E-state index contributed by atoms with van der Waals surface area (Å²) in [6.07, 6.45) is 1.27. The molecule has 3 aromatic rings. The Balaban J connectivity index is 1.73. The molecule has 0 radical (unpaired) electrons. The monoisotopic (exact) mass is 432 g/mol. The Bertz CT molecular complexity index is 1030. The molecule has 3 heteroatoms. The number of carbonyl (C=O) groups is 1. The molecule has 0 heterocycles. The minimum absolute atomic E-state index is 0.166. The molecule has 32 heavy (non-hydrogen) atoms. The molecule has 0 aliphatic heterocycles. The third-order valence-electron chi connectivity index (χ3n) is 6.00. The van der Waals surface area contributed by atoms with Crippen LogP contribution in [-0.4, -0.2) is 19.2 Å². The van der Waals surface area contributed by atoms with E-state index in [1.807, 2.05) is 37.3 Å². The molecule has 0 fully saturated rings. The van der Waals surface area contributed by atoms with E-state index in [4.69, 9.17) is 9.47 Å². The lowest BCUT2D eigenvalue weighted by Crippen LogP contribution is -2.23. The second kappa shape index (κ2) is 10.3. The summed E-state index contributed by atoms with van der Waals surface area (Å²) in [5, 5.41) is 2.38. The molecule has 2 unspecified atom stereocenters. The topological polar surface area (TPSA) is 35.5 Å². The van der Waals surface area contributed by atoms with Gasteiger partial charge in [0.25, 0.3) is 0 Å². The van der Waals surface area contributed by atoms with E-state index in [0.717, 1.165) is 29.4 Å². The van der Waals surface area contributed by atoms with Gasteiger partial charge in [0, 0.05) is 10.9 Å². The molecule has 2 atom stereocenters. The Morgan fingerprint density at radius 1 is 0.875 bits per heavy atom. The van der Waals surface area contributed by atoms with Gasteiger partial charge in [0.15, 0.2) is 6.29 Å². The molecule has 3 aromatic carbocycles. The maximum Gasteiger partial charge on any atom is 0.197 e. The van der Waals surface area contributed by atoms with E-state index in [1.54, 1.807) is 0 Å². The second-order valence-electron chi connectivity index (χ2n) is 9.95. The molecule has 0 amide bonds.